The van der Waals surface area contributed by atoms with Crippen LogP contribution >= 0.6 is 0 Å². The van der Waals surface area contributed by atoms with Crippen LogP contribution in [0.15, 0.2) is 58.7 Å². The molecule has 0 saturated heterocycles. The highest BCUT2D eigenvalue weighted by atomic mass is 16.5. The van der Waals surface area contributed by atoms with Crippen LogP contribution in [0, 0.1) is 11.3 Å². The summed E-state index contributed by atoms with van der Waals surface area (Å²) < 4.78 is 10.1. The number of carbonyl (C=O) groups excluding carboxylic acids is 2. The Labute approximate surface area is 139 Å². The predicted molar refractivity (Wildman–Crippen MR) is 87.7 cm³/mol. The number of hydrogen-bond donors (Lipinski definition) is 0. The van der Waals surface area contributed by atoms with Gasteiger partial charge >= 0.3 is 5.97 Å². The number of rotatable bonds is 5. The Hall–Kier alpha value is -3.33. The number of amides is 1. The summed E-state index contributed by atoms with van der Waals surface area (Å²) in [5.41, 5.74) is 0.434. The van der Waals surface area contributed by atoms with E-state index < -0.39 is 18.0 Å². The molecule has 122 valence electrons. The summed E-state index contributed by atoms with van der Waals surface area (Å²) in [6, 6.07) is 14.0. The van der Waals surface area contributed by atoms with E-state index in [2.05, 4.69) is 0 Å². The molecule has 0 bridgehead atoms. The number of hydrogen-bond acceptors (Lipinski definition) is 5. The number of carbonyl (C=O) groups is 2. The molecule has 0 radical (unpaired) electrons. The topological polar surface area (TPSA) is 83.5 Å². The Bertz CT molecular complexity index is 773. The van der Waals surface area contributed by atoms with Gasteiger partial charge in [-0.2, -0.15) is 5.26 Å². The lowest BCUT2D eigenvalue weighted by Gasteiger charge is -2.21. The third kappa shape index (κ3) is 4.11. The molecule has 0 N–H and O–H groups in total. The largest absolute Gasteiger partial charge is 0.465 e. The second kappa shape index (κ2) is 7.79. The van der Waals surface area contributed by atoms with Crippen LogP contribution in [0.25, 0.3) is 6.08 Å². The average molecular weight is 324 g/mol. The van der Waals surface area contributed by atoms with Gasteiger partial charge in [-0.05, 0) is 31.2 Å². The second-order valence-corrected chi connectivity index (χ2v) is 4.97. The van der Waals surface area contributed by atoms with Gasteiger partial charge in [-0.3, -0.25) is 4.79 Å². The lowest BCUT2D eigenvalue weighted by atomic mass is 10.2. The maximum absolute atomic E-state index is 12.3. The average Bonchev–Trinajstić information content (AvgIpc) is 3.12. The smallest absolute Gasteiger partial charge is 0.349 e. The van der Waals surface area contributed by atoms with E-state index in [9.17, 15) is 9.59 Å². The fraction of sp³-hybridized carbons (Fsp3) is 0.167. The fourth-order valence-corrected chi connectivity index (χ4v) is 1.98. The zero-order valence-corrected chi connectivity index (χ0v) is 13.3. The summed E-state index contributed by atoms with van der Waals surface area (Å²) in [5, 5.41) is 9.08. The van der Waals surface area contributed by atoms with Gasteiger partial charge in [-0.15, -0.1) is 0 Å². The molecule has 0 spiro atoms. The summed E-state index contributed by atoms with van der Waals surface area (Å²) in [4.78, 5) is 25.8. The van der Waals surface area contributed by atoms with E-state index in [-0.39, 0.29) is 5.57 Å². The van der Waals surface area contributed by atoms with Crippen LogP contribution < -0.4 is 4.90 Å². The molecule has 6 heteroatoms. The summed E-state index contributed by atoms with van der Waals surface area (Å²) in [6.07, 6.45) is 1.66. The van der Waals surface area contributed by atoms with Crippen molar-refractivity contribution in [1.29, 1.82) is 5.26 Å². The van der Waals surface area contributed by atoms with Gasteiger partial charge in [0.2, 0.25) is 0 Å². The number of para-hydroxylation sites is 1. The van der Waals surface area contributed by atoms with Gasteiger partial charge in [-0.1, -0.05) is 18.2 Å². The number of likely N-dealkylation sites (N-methyl/N-ethyl adjacent to an activating group) is 1. The maximum atomic E-state index is 12.3. The Kier molecular flexibility index (Phi) is 5.53. The first-order chi connectivity index (χ1) is 11.5. The molecule has 1 heterocycles. The van der Waals surface area contributed by atoms with Gasteiger partial charge in [0.05, 0.1) is 6.26 Å². The monoisotopic (exact) mass is 324 g/mol. The van der Waals surface area contributed by atoms with Gasteiger partial charge in [0, 0.05) is 18.8 Å². The minimum atomic E-state index is -1.03. The molecule has 1 amide bonds. The summed E-state index contributed by atoms with van der Waals surface area (Å²) in [5.74, 6) is -0.926. The fourth-order valence-electron chi connectivity index (χ4n) is 1.98. The van der Waals surface area contributed by atoms with Crippen molar-refractivity contribution in [3.63, 3.8) is 0 Å². The molecule has 0 unspecified atom stereocenters. The summed E-state index contributed by atoms with van der Waals surface area (Å²) >= 11 is 0. The quantitative estimate of drug-likeness (QED) is 0.480. The van der Waals surface area contributed by atoms with Crippen molar-refractivity contribution in [3.8, 4) is 6.07 Å². The number of ether oxygens (including phenoxy) is 1. The SMILES string of the molecule is C[C@@H](OC(=O)/C(C#N)=C\c1ccco1)C(=O)N(C)c1ccccc1. The number of nitrogens with zero attached hydrogens (tertiary/aromatic N) is 2. The van der Waals surface area contributed by atoms with Crippen LogP contribution in [0.3, 0.4) is 0 Å². The zero-order chi connectivity index (χ0) is 17.5. The van der Waals surface area contributed by atoms with Crippen molar-refractivity contribution in [3.05, 3.63) is 60.1 Å². The van der Waals surface area contributed by atoms with Crippen LogP contribution in [0.1, 0.15) is 12.7 Å². The van der Waals surface area contributed by atoms with Crippen molar-refractivity contribution >= 4 is 23.6 Å². The molecule has 6 nitrogen and oxygen atoms in total. The maximum Gasteiger partial charge on any atom is 0.349 e. The van der Waals surface area contributed by atoms with Crippen molar-refractivity contribution < 1.29 is 18.7 Å². The number of benzene rings is 1. The first-order valence-electron chi connectivity index (χ1n) is 7.22. The molecule has 2 aromatic rings. The highest BCUT2D eigenvalue weighted by Crippen LogP contribution is 2.14. The van der Waals surface area contributed by atoms with Crippen LogP contribution in [0.4, 0.5) is 5.69 Å². The van der Waals surface area contributed by atoms with E-state index in [1.807, 2.05) is 6.07 Å². The number of anilines is 1. The normalized spacial score (nSPS) is 12.1. The van der Waals surface area contributed by atoms with Gasteiger partial charge in [0.15, 0.2) is 6.10 Å². The molecule has 2 rings (SSSR count). The van der Waals surface area contributed by atoms with Crippen molar-refractivity contribution in [2.45, 2.75) is 13.0 Å². The second-order valence-electron chi connectivity index (χ2n) is 4.97. The Balaban J connectivity index is 2.05. The van der Waals surface area contributed by atoms with E-state index in [1.165, 1.54) is 24.2 Å². The molecular formula is C18H16N2O4. The van der Waals surface area contributed by atoms with Gasteiger partial charge in [-0.25, -0.2) is 4.79 Å². The first-order valence-corrected chi connectivity index (χ1v) is 7.22. The van der Waals surface area contributed by atoms with Crippen molar-refractivity contribution in [2.24, 2.45) is 0 Å². The highest BCUT2D eigenvalue weighted by molar-refractivity contribution is 6.01. The van der Waals surface area contributed by atoms with Gasteiger partial charge in [0.25, 0.3) is 5.91 Å². The standard InChI is InChI=1S/C18H16N2O4/c1-13(17(21)20(2)15-7-4-3-5-8-15)24-18(22)14(12-19)11-16-9-6-10-23-16/h3-11,13H,1-2H3/b14-11-/t13-/m1/s1. The van der Waals surface area contributed by atoms with Gasteiger partial charge in [0.1, 0.15) is 17.4 Å². The molecule has 0 aliphatic carbocycles. The lowest BCUT2D eigenvalue weighted by molar-refractivity contribution is -0.149. The van der Waals surface area contributed by atoms with E-state index in [1.54, 1.807) is 49.5 Å². The molecular weight excluding hydrogens is 308 g/mol. The molecule has 1 aromatic carbocycles. The molecule has 0 fully saturated rings. The van der Waals surface area contributed by atoms with Crippen molar-refractivity contribution in [2.75, 3.05) is 11.9 Å². The van der Waals surface area contributed by atoms with Crippen LogP contribution in [0.5, 0.6) is 0 Å². The van der Waals surface area contributed by atoms with Crippen LogP contribution in [-0.2, 0) is 14.3 Å². The molecule has 0 saturated carbocycles. The van der Waals surface area contributed by atoms with E-state index in [0.29, 0.717) is 11.4 Å². The Morgan fingerprint density at radius 2 is 1.96 bits per heavy atom. The molecule has 0 aliphatic rings. The Morgan fingerprint density at radius 1 is 1.25 bits per heavy atom. The highest BCUT2D eigenvalue weighted by Gasteiger charge is 2.24. The summed E-state index contributed by atoms with van der Waals surface area (Å²) in [7, 11) is 1.59. The summed E-state index contributed by atoms with van der Waals surface area (Å²) in [6.45, 7) is 1.46. The Morgan fingerprint density at radius 3 is 2.54 bits per heavy atom. The minimum absolute atomic E-state index is 0.244. The van der Waals surface area contributed by atoms with Crippen molar-refractivity contribution in [1.82, 2.24) is 0 Å². The molecule has 1 atom stereocenters. The van der Waals surface area contributed by atoms with Gasteiger partial charge < -0.3 is 14.1 Å². The lowest BCUT2D eigenvalue weighted by Crippen LogP contribution is -2.37. The number of esters is 1. The molecule has 0 aliphatic heterocycles. The van der Waals surface area contributed by atoms with Crippen LogP contribution in [-0.4, -0.2) is 25.0 Å². The number of furan rings is 1. The van der Waals surface area contributed by atoms with E-state index in [0.717, 1.165) is 0 Å². The third-order valence-electron chi connectivity index (χ3n) is 3.28. The number of nitriles is 1. The van der Waals surface area contributed by atoms with E-state index in [4.69, 9.17) is 14.4 Å². The predicted octanol–water partition coefficient (Wildman–Crippen LogP) is 2.78. The van der Waals surface area contributed by atoms with E-state index >= 15 is 0 Å². The van der Waals surface area contributed by atoms with Crippen LogP contribution in [0.2, 0.25) is 0 Å². The third-order valence-corrected chi connectivity index (χ3v) is 3.28. The first kappa shape index (κ1) is 17.0. The molecule has 1 aromatic heterocycles. The molecule has 24 heavy (non-hydrogen) atoms. The minimum Gasteiger partial charge on any atom is -0.465 e. The zero-order valence-electron chi connectivity index (χ0n) is 13.3.